The Hall–Kier alpha value is -2.88. The molecule has 2 aliphatic heterocycles. The van der Waals surface area contributed by atoms with Crippen LogP contribution in [0.4, 0.5) is 17.3 Å². The normalized spacial score (nSPS) is 18.9. The van der Waals surface area contributed by atoms with Crippen molar-refractivity contribution in [1.82, 2.24) is 14.8 Å². The second-order valence-electron chi connectivity index (χ2n) is 8.22. The van der Waals surface area contributed by atoms with Crippen LogP contribution in [0.1, 0.15) is 27.1 Å². The summed E-state index contributed by atoms with van der Waals surface area (Å²) in [7, 11) is 2.06. The Morgan fingerprint density at radius 2 is 1.72 bits per heavy atom. The Labute approximate surface area is 194 Å². The molecule has 2 amide bonds. The average molecular weight is 460 g/mol. The summed E-state index contributed by atoms with van der Waals surface area (Å²) < 4.78 is 0. The van der Waals surface area contributed by atoms with Crippen LogP contribution in [0.3, 0.4) is 0 Å². The minimum absolute atomic E-state index is 0. The second-order valence-corrected chi connectivity index (χ2v) is 8.22. The largest absolute Gasteiger partial charge is 0.365 e. The first kappa shape index (κ1) is 23.8. The number of likely N-dealkylation sites (N-methyl/N-ethyl adjacent to an activating group) is 1. The van der Waals surface area contributed by atoms with Gasteiger partial charge in [0.15, 0.2) is 0 Å². The van der Waals surface area contributed by atoms with E-state index in [2.05, 4.69) is 27.1 Å². The first-order valence-corrected chi connectivity index (χ1v) is 10.6. The van der Waals surface area contributed by atoms with Crippen molar-refractivity contribution in [3.8, 4) is 0 Å². The van der Waals surface area contributed by atoms with Gasteiger partial charge in [0.25, 0.3) is 11.8 Å². The first-order chi connectivity index (χ1) is 14.9. The van der Waals surface area contributed by atoms with E-state index in [1.54, 1.807) is 24.3 Å². The minimum Gasteiger partial charge on any atom is -0.365 e. The third kappa shape index (κ3) is 5.29. The molecule has 1 aromatic heterocycles. The maximum Gasteiger partial charge on any atom is 0.253 e. The lowest BCUT2D eigenvalue weighted by molar-refractivity contribution is 0.0664. The van der Waals surface area contributed by atoms with E-state index in [1.807, 2.05) is 17.0 Å². The fourth-order valence-corrected chi connectivity index (χ4v) is 3.94. The van der Waals surface area contributed by atoms with Crippen LogP contribution < -0.4 is 21.7 Å². The zero-order chi connectivity index (χ0) is 22.0. The van der Waals surface area contributed by atoms with Gasteiger partial charge in [0.05, 0.1) is 5.56 Å². The summed E-state index contributed by atoms with van der Waals surface area (Å²) >= 11 is 0. The van der Waals surface area contributed by atoms with Crippen molar-refractivity contribution < 1.29 is 9.59 Å². The molecule has 0 saturated carbocycles. The van der Waals surface area contributed by atoms with E-state index in [-0.39, 0.29) is 24.4 Å². The van der Waals surface area contributed by atoms with E-state index in [9.17, 15) is 9.59 Å². The molecule has 2 fully saturated rings. The van der Waals surface area contributed by atoms with Crippen molar-refractivity contribution in [2.24, 2.45) is 11.5 Å². The van der Waals surface area contributed by atoms with Gasteiger partial charge in [0.1, 0.15) is 11.6 Å². The number of pyridine rings is 1. The average Bonchev–Trinajstić information content (AvgIpc) is 3.20. The van der Waals surface area contributed by atoms with Gasteiger partial charge in [-0.25, -0.2) is 4.98 Å². The van der Waals surface area contributed by atoms with Crippen molar-refractivity contribution in [3.63, 3.8) is 0 Å². The SMILES string of the molecule is CN1CCN(C(=O)c2ccc(Nc3nc(N4CC[C@H](N)C4)ccc3C(N)=O)cc2)CC1.Cl. The number of nitrogens with zero attached hydrogens (tertiary/aromatic N) is 4. The van der Waals surface area contributed by atoms with Gasteiger partial charge in [0, 0.05) is 56.6 Å². The summed E-state index contributed by atoms with van der Waals surface area (Å²) in [4.78, 5) is 35.4. The van der Waals surface area contributed by atoms with E-state index in [1.165, 1.54) is 0 Å². The van der Waals surface area contributed by atoms with Gasteiger partial charge >= 0.3 is 0 Å². The number of primary amides is 1. The van der Waals surface area contributed by atoms with E-state index in [0.29, 0.717) is 16.9 Å². The number of benzene rings is 1. The van der Waals surface area contributed by atoms with Gasteiger partial charge in [-0.1, -0.05) is 0 Å². The summed E-state index contributed by atoms with van der Waals surface area (Å²) in [5.74, 6) is 0.621. The lowest BCUT2D eigenvalue weighted by atomic mass is 10.1. The number of piperazine rings is 1. The van der Waals surface area contributed by atoms with Gasteiger partial charge in [-0.2, -0.15) is 0 Å². The standard InChI is InChI=1S/C22H29N7O2.ClH/c1-27-10-12-28(13-11-27)22(31)15-2-4-17(5-3-15)25-21-18(20(24)30)6-7-19(26-21)29-9-8-16(23)14-29;/h2-7,16H,8-14,23H2,1H3,(H2,24,30)(H,25,26);1H/t16-;/m0./s1. The summed E-state index contributed by atoms with van der Waals surface area (Å²) in [6.45, 7) is 4.77. The molecule has 1 atom stereocenters. The Balaban J connectivity index is 0.00000289. The number of nitrogens with one attached hydrogen (secondary N) is 1. The van der Waals surface area contributed by atoms with Crippen molar-refractivity contribution in [3.05, 3.63) is 47.5 Å². The number of hydrogen-bond acceptors (Lipinski definition) is 7. The summed E-state index contributed by atoms with van der Waals surface area (Å²) in [6.07, 6.45) is 0.908. The molecule has 9 nitrogen and oxygen atoms in total. The number of carbonyl (C=O) groups is 2. The molecular weight excluding hydrogens is 430 g/mol. The fourth-order valence-electron chi connectivity index (χ4n) is 3.94. The van der Waals surface area contributed by atoms with Crippen LogP contribution >= 0.6 is 12.4 Å². The quantitative estimate of drug-likeness (QED) is 0.615. The smallest absolute Gasteiger partial charge is 0.253 e. The number of anilines is 3. The zero-order valence-corrected chi connectivity index (χ0v) is 19.0. The molecule has 0 bridgehead atoms. The van der Waals surface area contributed by atoms with E-state index >= 15 is 0 Å². The maximum absolute atomic E-state index is 12.7. The van der Waals surface area contributed by atoms with Crippen molar-refractivity contribution in [2.75, 3.05) is 56.5 Å². The predicted octanol–water partition coefficient (Wildman–Crippen LogP) is 1.27. The second kappa shape index (κ2) is 10.2. The number of hydrogen-bond donors (Lipinski definition) is 3. The number of carbonyl (C=O) groups excluding carboxylic acids is 2. The van der Waals surface area contributed by atoms with Crippen molar-refractivity contribution >= 4 is 41.5 Å². The number of aromatic nitrogens is 1. The monoisotopic (exact) mass is 459 g/mol. The molecule has 5 N–H and O–H groups in total. The van der Waals surface area contributed by atoms with Crippen LogP contribution in [0, 0.1) is 0 Å². The Kier molecular flexibility index (Phi) is 7.55. The molecular formula is C22H30ClN7O2. The highest BCUT2D eigenvalue weighted by molar-refractivity contribution is 5.99. The van der Waals surface area contributed by atoms with Crippen LogP contribution in [0.2, 0.25) is 0 Å². The molecule has 0 aliphatic carbocycles. The molecule has 0 radical (unpaired) electrons. The number of nitrogens with two attached hydrogens (primary N) is 2. The molecule has 2 saturated heterocycles. The zero-order valence-electron chi connectivity index (χ0n) is 18.2. The molecule has 4 rings (SSSR count). The molecule has 32 heavy (non-hydrogen) atoms. The maximum atomic E-state index is 12.7. The van der Waals surface area contributed by atoms with Crippen LogP contribution in [-0.2, 0) is 0 Å². The van der Waals surface area contributed by atoms with Gasteiger partial charge in [0.2, 0.25) is 0 Å². The van der Waals surface area contributed by atoms with Crippen molar-refractivity contribution in [1.29, 1.82) is 0 Å². The van der Waals surface area contributed by atoms with E-state index in [4.69, 9.17) is 11.5 Å². The Bertz CT molecular complexity index is 961. The summed E-state index contributed by atoms with van der Waals surface area (Å²) in [6, 6.07) is 10.8. The topological polar surface area (TPSA) is 121 Å². The summed E-state index contributed by atoms with van der Waals surface area (Å²) in [5.41, 5.74) is 13.2. The Morgan fingerprint density at radius 3 is 2.31 bits per heavy atom. The number of rotatable bonds is 5. The van der Waals surface area contributed by atoms with Crippen LogP contribution in [0.15, 0.2) is 36.4 Å². The van der Waals surface area contributed by atoms with E-state index in [0.717, 1.165) is 57.2 Å². The molecule has 10 heteroatoms. The molecule has 0 unspecified atom stereocenters. The van der Waals surface area contributed by atoms with E-state index < -0.39 is 5.91 Å². The molecule has 1 aromatic carbocycles. The van der Waals surface area contributed by atoms with Gasteiger partial charge in [-0.3, -0.25) is 9.59 Å². The molecule has 2 aromatic rings. The van der Waals surface area contributed by atoms with Crippen LogP contribution in [0.25, 0.3) is 0 Å². The van der Waals surface area contributed by atoms with Crippen LogP contribution in [0.5, 0.6) is 0 Å². The fraction of sp³-hybridized carbons (Fsp3) is 0.409. The highest BCUT2D eigenvalue weighted by Gasteiger charge is 2.23. The molecule has 2 aliphatic rings. The third-order valence-corrected chi connectivity index (χ3v) is 5.88. The Morgan fingerprint density at radius 1 is 1.03 bits per heavy atom. The lowest BCUT2D eigenvalue weighted by Gasteiger charge is -2.32. The van der Waals surface area contributed by atoms with Gasteiger partial charge in [-0.05, 0) is 49.9 Å². The third-order valence-electron chi connectivity index (χ3n) is 5.88. The van der Waals surface area contributed by atoms with Gasteiger partial charge in [-0.15, -0.1) is 12.4 Å². The summed E-state index contributed by atoms with van der Waals surface area (Å²) in [5, 5.41) is 3.18. The molecule has 172 valence electrons. The van der Waals surface area contributed by atoms with Gasteiger partial charge < -0.3 is 31.5 Å². The molecule has 0 spiro atoms. The molecule has 3 heterocycles. The lowest BCUT2D eigenvalue weighted by Crippen LogP contribution is -2.47. The number of halogens is 1. The predicted molar refractivity (Wildman–Crippen MR) is 128 cm³/mol. The highest BCUT2D eigenvalue weighted by Crippen LogP contribution is 2.25. The highest BCUT2D eigenvalue weighted by atomic mass is 35.5. The van der Waals surface area contributed by atoms with Crippen LogP contribution in [-0.4, -0.2) is 79.0 Å². The van der Waals surface area contributed by atoms with Crippen molar-refractivity contribution in [2.45, 2.75) is 12.5 Å². The number of amides is 2. The first-order valence-electron chi connectivity index (χ1n) is 10.6. The minimum atomic E-state index is -0.554.